The minimum Gasteiger partial charge on any atom is -0.444 e. The first-order valence-corrected chi connectivity index (χ1v) is 8.79. The van der Waals surface area contributed by atoms with E-state index in [4.69, 9.17) is 4.74 Å². The van der Waals surface area contributed by atoms with Gasteiger partial charge < -0.3 is 20.3 Å². The Labute approximate surface area is 144 Å². The van der Waals surface area contributed by atoms with Crippen LogP contribution >= 0.6 is 0 Å². The highest BCUT2D eigenvalue weighted by molar-refractivity contribution is 5.74. The quantitative estimate of drug-likeness (QED) is 0.757. The number of carbonyl (C=O) groups excluding carboxylic acids is 1. The zero-order valence-corrected chi connectivity index (χ0v) is 15.5. The molecular formula is C19H29N3O2. The average Bonchev–Trinajstić information content (AvgIpc) is 2.48. The van der Waals surface area contributed by atoms with Crippen LogP contribution in [0, 0.1) is 13.8 Å². The normalized spacial score (nSPS) is 19.3. The summed E-state index contributed by atoms with van der Waals surface area (Å²) in [6, 6.07) is 4.43. The summed E-state index contributed by atoms with van der Waals surface area (Å²) >= 11 is 0. The van der Waals surface area contributed by atoms with Gasteiger partial charge in [0.1, 0.15) is 5.60 Å². The number of fused-ring (bicyclic) bond motifs is 1. The van der Waals surface area contributed by atoms with Gasteiger partial charge in [-0.05, 0) is 70.7 Å². The molecule has 24 heavy (non-hydrogen) atoms. The van der Waals surface area contributed by atoms with Crippen LogP contribution in [0.25, 0.3) is 0 Å². The Balaban J connectivity index is 1.66. The molecule has 2 heterocycles. The second-order valence-corrected chi connectivity index (χ2v) is 8.21. The van der Waals surface area contributed by atoms with Crippen molar-refractivity contribution in [1.82, 2.24) is 4.90 Å². The van der Waals surface area contributed by atoms with Gasteiger partial charge in [-0.3, -0.25) is 0 Å². The van der Waals surface area contributed by atoms with Crippen LogP contribution in [0.1, 0.15) is 44.7 Å². The van der Waals surface area contributed by atoms with Gasteiger partial charge >= 0.3 is 6.09 Å². The fourth-order valence-electron chi connectivity index (χ4n) is 3.41. The molecule has 0 radical (unpaired) electrons. The summed E-state index contributed by atoms with van der Waals surface area (Å²) in [5.74, 6) is 0. The number of hydrogen-bond acceptors (Lipinski definition) is 4. The Hall–Kier alpha value is -1.91. The van der Waals surface area contributed by atoms with E-state index in [9.17, 15) is 4.79 Å². The van der Waals surface area contributed by atoms with Crippen LogP contribution in [-0.2, 0) is 4.74 Å². The number of anilines is 2. The molecule has 1 amide bonds. The first-order valence-electron chi connectivity index (χ1n) is 8.79. The van der Waals surface area contributed by atoms with Gasteiger partial charge in [0.05, 0.1) is 16.9 Å². The molecule has 1 spiro atoms. The van der Waals surface area contributed by atoms with E-state index in [1.165, 1.54) is 22.5 Å². The van der Waals surface area contributed by atoms with Crippen LogP contribution in [0.2, 0.25) is 0 Å². The smallest absolute Gasteiger partial charge is 0.410 e. The van der Waals surface area contributed by atoms with Gasteiger partial charge in [0.2, 0.25) is 0 Å². The lowest BCUT2D eigenvalue weighted by Gasteiger charge is -2.46. The number of nitrogens with one attached hydrogen (secondary N) is 2. The summed E-state index contributed by atoms with van der Waals surface area (Å²) in [4.78, 5) is 14.1. The monoisotopic (exact) mass is 331 g/mol. The first-order chi connectivity index (χ1) is 11.2. The lowest BCUT2D eigenvalue weighted by atomic mass is 9.85. The number of benzene rings is 1. The number of carbonyl (C=O) groups is 1. The van der Waals surface area contributed by atoms with Crippen molar-refractivity contribution in [3.05, 3.63) is 23.3 Å². The zero-order chi connectivity index (χ0) is 17.5. The van der Waals surface area contributed by atoms with Crippen molar-refractivity contribution in [2.24, 2.45) is 0 Å². The van der Waals surface area contributed by atoms with Crippen LogP contribution in [0.3, 0.4) is 0 Å². The molecule has 5 heteroatoms. The number of amides is 1. The summed E-state index contributed by atoms with van der Waals surface area (Å²) < 4.78 is 5.49. The third-order valence-electron chi connectivity index (χ3n) is 5.02. The van der Waals surface area contributed by atoms with Crippen LogP contribution in [-0.4, -0.2) is 41.8 Å². The van der Waals surface area contributed by atoms with E-state index in [0.29, 0.717) is 0 Å². The second-order valence-electron chi connectivity index (χ2n) is 8.21. The van der Waals surface area contributed by atoms with E-state index in [0.717, 1.165) is 32.5 Å². The lowest BCUT2D eigenvalue weighted by molar-refractivity contribution is 0.0181. The summed E-state index contributed by atoms with van der Waals surface area (Å²) in [7, 11) is 0. The van der Waals surface area contributed by atoms with E-state index in [1.807, 2.05) is 25.7 Å². The molecule has 1 aromatic carbocycles. The summed E-state index contributed by atoms with van der Waals surface area (Å²) in [6.07, 6.45) is 1.64. The number of rotatable bonds is 0. The van der Waals surface area contributed by atoms with Gasteiger partial charge in [-0.15, -0.1) is 0 Å². The van der Waals surface area contributed by atoms with Crippen molar-refractivity contribution in [1.29, 1.82) is 0 Å². The minimum absolute atomic E-state index is 0.0210. The molecule has 1 aromatic rings. The van der Waals surface area contributed by atoms with Crippen molar-refractivity contribution >= 4 is 17.5 Å². The average molecular weight is 331 g/mol. The molecule has 0 saturated carbocycles. The van der Waals surface area contributed by atoms with E-state index >= 15 is 0 Å². The van der Waals surface area contributed by atoms with Gasteiger partial charge in [-0.1, -0.05) is 0 Å². The highest BCUT2D eigenvalue weighted by atomic mass is 16.6. The van der Waals surface area contributed by atoms with Gasteiger partial charge in [0.15, 0.2) is 0 Å². The summed E-state index contributed by atoms with van der Waals surface area (Å²) in [5, 5.41) is 7.32. The predicted octanol–water partition coefficient (Wildman–Crippen LogP) is 3.91. The van der Waals surface area contributed by atoms with Gasteiger partial charge in [-0.2, -0.15) is 0 Å². The molecule has 0 unspecified atom stereocenters. The molecular weight excluding hydrogens is 302 g/mol. The van der Waals surface area contributed by atoms with Gasteiger partial charge in [-0.25, -0.2) is 4.79 Å². The SMILES string of the molecule is Cc1cc2c(cc1C)NC1(CCN(C(=O)OC(C)(C)C)CC1)CN2. The Kier molecular flexibility index (Phi) is 4.14. The highest BCUT2D eigenvalue weighted by Crippen LogP contribution is 2.37. The second kappa shape index (κ2) is 5.87. The molecule has 2 N–H and O–H groups in total. The Bertz CT molecular complexity index is 641. The van der Waals surface area contributed by atoms with Crippen LogP contribution < -0.4 is 10.6 Å². The Morgan fingerprint density at radius 2 is 1.71 bits per heavy atom. The van der Waals surface area contributed by atoms with E-state index in [1.54, 1.807) is 0 Å². The van der Waals surface area contributed by atoms with Crippen molar-refractivity contribution in [2.45, 2.75) is 58.6 Å². The van der Waals surface area contributed by atoms with Crippen molar-refractivity contribution in [3.63, 3.8) is 0 Å². The molecule has 2 aliphatic rings. The van der Waals surface area contributed by atoms with E-state index in [2.05, 4.69) is 36.6 Å². The van der Waals surface area contributed by atoms with E-state index in [-0.39, 0.29) is 11.6 Å². The van der Waals surface area contributed by atoms with Gasteiger partial charge in [0.25, 0.3) is 0 Å². The van der Waals surface area contributed by atoms with Crippen molar-refractivity contribution in [3.8, 4) is 0 Å². The van der Waals surface area contributed by atoms with Crippen LogP contribution in [0.5, 0.6) is 0 Å². The maximum Gasteiger partial charge on any atom is 0.410 e. The Morgan fingerprint density at radius 1 is 1.12 bits per heavy atom. The number of ether oxygens (including phenoxy) is 1. The van der Waals surface area contributed by atoms with Crippen LogP contribution in [0.15, 0.2) is 12.1 Å². The third kappa shape index (κ3) is 3.45. The topological polar surface area (TPSA) is 53.6 Å². The fourth-order valence-corrected chi connectivity index (χ4v) is 3.41. The molecule has 2 aliphatic heterocycles. The first kappa shape index (κ1) is 16.9. The lowest BCUT2D eigenvalue weighted by Crippen LogP contribution is -2.56. The van der Waals surface area contributed by atoms with Gasteiger partial charge in [0, 0.05) is 19.6 Å². The summed E-state index contributed by atoms with van der Waals surface area (Å²) in [5.41, 5.74) is 4.54. The van der Waals surface area contributed by atoms with Crippen molar-refractivity contribution in [2.75, 3.05) is 30.3 Å². The maximum atomic E-state index is 12.2. The predicted molar refractivity (Wildman–Crippen MR) is 97.8 cm³/mol. The molecule has 0 aliphatic carbocycles. The number of likely N-dealkylation sites (tertiary alicyclic amines) is 1. The molecule has 0 atom stereocenters. The number of hydrogen-bond donors (Lipinski definition) is 2. The molecule has 132 valence electrons. The molecule has 3 rings (SSSR count). The largest absolute Gasteiger partial charge is 0.444 e. The molecule has 1 saturated heterocycles. The highest BCUT2D eigenvalue weighted by Gasteiger charge is 2.39. The summed E-state index contributed by atoms with van der Waals surface area (Å²) in [6.45, 7) is 12.3. The minimum atomic E-state index is -0.439. The van der Waals surface area contributed by atoms with E-state index < -0.39 is 5.60 Å². The Morgan fingerprint density at radius 3 is 2.29 bits per heavy atom. The number of piperidine rings is 1. The van der Waals surface area contributed by atoms with Crippen molar-refractivity contribution < 1.29 is 9.53 Å². The third-order valence-corrected chi connectivity index (χ3v) is 5.02. The number of nitrogens with zero attached hydrogens (tertiary/aromatic N) is 1. The molecule has 0 aromatic heterocycles. The molecule has 0 bridgehead atoms. The fraction of sp³-hybridized carbons (Fsp3) is 0.632. The molecule has 5 nitrogen and oxygen atoms in total. The van der Waals surface area contributed by atoms with Crippen LogP contribution in [0.4, 0.5) is 16.2 Å². The number of aryl methyl sites for hydroxylation is 2. The zero-order valence-electron chi connectivity index (χ0n) is 15.5. The standard InChI is InChI=1S/C19H29N3O2/c1-13-10-15-16(11-14(13)2)21-19(12-20-15)6-8-22(9-7-19)17(23)24-18(3,4)5/h10-11,20-21H,6-9,12H2,1-5H3. The molecule has 1 fully saturated rings. The maximum absolute atomic E-state index is 12.2.